The van der Waals surface area contributed by atoms with Gasteiger partial charge in [-0.15, -0.1) is 0 Å². The minimum atomic E-state index is -0.0969. The van der Waals surface area contributed by atoms with Gasteiger partial charge in [0.1, 0.15) is 12.4 Å². The summed E-state index contributed by atoms with van der Waals surface area (Å²) in [5.41, 5.74) is 2.58. The van der Waals surface area contributed by atoms with Gasteiger partial charge in [-0.3, -0.25) is 4.68 Å². The Balaban J connectivity index is 2.17. The largest absolute Gasteiger partial charge is 0.485 e. The van der Waals surface area contributed by atoms with E-state index in [2.05, 4.69) is 5.10 Å². The lowest BCUT2D eigenvalue weighted by molar-refractivity contribution is 0.255. The molecule has 0 spiro atoms. The molecule has 4 nitrogen and oxygen atoms in total. The zero-order chi connectivity index (χ0) is 13.1. The normalized spacial score (nSPS) is 10.7. The number of aliphatic hydroxyl groups excluding tert-OH is 1. The third kappa shape index (κ3) is 2.66. The first-order valence-corrected chi connectivity index (χ1v) is 6.00. The van der Waals surface area contributed by atoms with Crippen molar-refractivity contribution < 1.29 is 9.84 Å². The van der Waals surface area contributed by atoms with Crippen LogP contribution in [0.5, 0.6) is 5.75 Å². The lowest BCUT2D eigenvalue weighted by Crippen LogP contribution is -2.04. The smallest absolute Gasteiger partial charge is 0.143 e. The summed E-state index contributed by atoms with van der Waals surface area (Å²) in [5.74, 6) is 0.528. The Morgan fingerprint density at radius 3 is 2.83 bits per heavy atom. The van der Waals surface area contributed by atoms with Gasteiger partial charge in [-0.1, -0.05) is 23.7 Å². The topological polar surface area (TPSA) is 47.3 Å². The summed E-state index contributed by atoms with van der Waals surface area (Å²) in [6.45, 7) is 2.20. The Labute approximate surface area is 111 Å². The van der Waals surface area contributed by atoms with Crippen LogP contribution in [0.4, 0.5) is 0 Å². The molecule has 1 N–H and O–H groups in total. The number of benzene rings is 1. The van der Waals surface area contributed by atoms with E-state index >= 15 is 0 Å². The van der Waals surface area contributed by atoms with Crippen LogP contribution in [-0.4, -0.2) is 14.9 Å². The predicted octanol–water partition coefficient (Wildman–Crippen LogP) is 2.45. The van der Waals surface area contributed by atoms with Crippen LogP contribution in [0.1, 0.15) is 17.0 Å². The van der Waals surface area contributed by atoms with Gasteiger partial charge in [-0.25, -0.2) is 0 Å². The van der Waals surface area contributed by atoms with Gasteiger partial charge in [-0.2, -0.15) is 5.10 Å². The molecule has 0 aliphatic heterocycles. The number of para-hydroxylation sites is 1. The fourth-order valence-electron chi connectivity index (χ4n) is 1.79. The van der Waals surface area contributed by atoms with Crippen LogP contribution in [0.2, 0.25) is 5.02 Å². The summed E-state index contributed by atoms with van der Waals surface area (Å²) in [5, 5.41) is 14.0. The highest BCUT2D eigenvalue weighted by atomic mass is 35.5. The first-order chi connectivity index (χ1) is 8.61. The molecule has 96 valence electrons. The number of aliphatic hydroxyl groups is 1. The predicted molar refractivity (Wildman–Crippen MR) is 69.7 cm³/mol. The molecule has 1 aromatic carbocycles. The average Bonchev–Trinajstić information content (AvgIpc) is 2.66. The maximum atomic E-state index is 9.24. The van der Waals surface area contributed by atoms with Gasteiger partial charge in [-0.05, 0) is 19.1 Å². The summed E-state index contributed by atoms with van der Waals surface area (Å²) in [6.07, 6.45) is 0. The lowest BCUT2D eigenvalue weighted by Gasteiger charge is -2.11. The van der Waals surface area contributed by atoms with Crippen LogP contribution in [0.3, 0.4) is 0 Å². The van der Waals surface area contributed by atoms with E-state index in [0.29, 0.717) is 22.9 Å². The number of aromatic nitrogens is 2. The molecule has 0 saturated carbocycles. The molecule has 18 heavy (non-hydrogen) atoms. The monoisotopic (exact) mass is 266 g/mol. The zero-order valence-electron chi connectivity index (χ0n) is 10.4. The number of halogens is 1. The van der Waals surface area contributed by atoms with Gasteiger partial charge in [0.25, 0.3) is 0 Å². The number of rotatable bonds is 4. The summed E-state index contributed by atoms with van der Waals surface area (Å²) >= 11 is 6.06. The highest BCUT2D eigenvalue weighted by molar-refractivity contribution is 6.32. The van der Waals surface area contributed by atoms with Gasteiger partial charge >= 0.3 is 0 Å². The van der Waals surface area contributed by atoms with Crippen LogP contribution in [0, 0.1) is 6.92 Å². The van der Waals surface area contributed by atoms with E-state index in [1.807, 2.05) is 20.0 Å². The molecule has 0 amide bonds. The molecule has 2 aromatic rings. The third-order valence-corrected chi connectivity index (χ3v) is 2.98. The molecule has 5 heteroatoms. The molecular weight excluding hydrogens is 252 g/mol. The number of ether oxygens (including phenoxy) is 1. The molecule has 0 unspecified atom stereocenters. The molecule has 0 bridgehead atoms. The van der Waals surface area contributed by atoms with Crippen molar-refractivity contribution in [2.45, 2.75) is 20.1 Å². The molecule has 0 aliphatic rings. The second-order valence-corrected chi connectivity index (χ2v) is 4.48. The van der Waals surface area contributed by atoms with Gasteiger partial charge < -0.3 is 9.84 Å². The van der Waals surface area contributed by atoms with Crippen molar-refractivity contribution >= 4 is 11.6 Å². The zero-order valence-corrected chi connectivity index (χ0v) is 11.1. The molecule has 2 rings (SSSR count). The lowest BCUT2D eigenvalue weighted by atomic mass is 10.2. The molecule has 0 fully saturated rings. The van der Waals surface area contributed by atoms with E-state index in [0.717, 1.165) is 11.4 Å². The van der Waals surface area contributed by atoms with Gasteiger partial charge in [0.15, 0.2) is 0 Å². The number of hydrogen-bond donors (Lipinski definition) is 1. The molecular formula is C13H15ClN2O2. The maximum Gasteiger partial charge on any atom is 0.143 e. The Bertz CT molecular complexity index is 552. The van der Waals surface area contributed by atoms with Crippen LogP contribution in [-0.2, 0) is 20.3 Å². The quantitative estimate of drug-likeness (QED) is 0.925. The first kappa shape index (κ1) is 12.9. The van der Waals surface area contributed by atoms with Crippen molar-refractivity contribution in [1.82, 2.24) is 9.78 Å². The number of hydrogen-bond acceptors (Lipinski definition) is 3. The van der Waals surface area contributed by atoms with E-state index in [-0.39, 0.29) is 6.61 Å². The Hall–Kier alpha value is -1.52. The summed E-state index contributed by atoms with van der Waals surface area (Å²) in [7, 11) is 1.87. The van der Waals surface area contributed by atoms with E-state index < -0.39 is 0 Å². The second kappa shape index (κ2) is 5.42. The Kier molecular flexibility index (Phi) is 3.89. The SMILES string of the molecule is Cc1cc(COc2c(Cl)cccc2CO)n(C)n1. The van der Waals surface area contributed by atoms with E-state index in [9.17, 15) is 5.11 Å². The summed E-state index contributed by atoms with van der Waals surface area (Å²) in [6, 6.07) is 7.27. The van der Waals surface area contributed by atoms with E-state index in [4.69, 9.17) is 16.3 Å². The minimum Gasteiger partial charge on any atom is -0.485 e. The molecule has 0 aliphatic carbocycles. The van der Waals surface area contributed by atoms with Crippen molar-refractivity contribution in [1.29, 1.82) is 0 Å². The fraction of sp³-hybridized carbons (Fsp3) is 0.308. The number of aryl methyl sites for hydroxylation is 2. The molecule has 0 atom stereocenters. The standard InChI is InChI=1S/C13H15ClN2O2/c1-9-6-11(16(2)15-9)8-18-13-10(7-17)4-3-5-12(13)14/h3-6,17H,7-8H2,1-2H3. The Morgan fingerprint density at radius 2 is 2.22 bits per heavy atom. The molecule has 1 heterocycles. The number of nitrogens with zero attached hydrogens (tertiary/aromatic N) is 2. The van der Waals surface area contributed by atoms with Crippen LogP contribution in [0.25, 0.3) is 0 Å². The maximum absolute atomic E-state index is 9.24. The first-order valence-electron chi connectivity index (χ1n) is 5.62. The van der Waals surface area contributed by atoms with Crippen molar-refractivity contribution in [3.8, 4) is 5.75 Å². The van der Waals surface area contributed by atoms with Crippen molar-refractivity contribution in [2.75, 3.05) is 0 Å². The second-order valence-electron chi connectivity index (χ2n) is 4.08. The minimum absolute atomic E-state index is 0.0969. The van der Waals surface area contributed by atoms with Crippen molar-refractivity contribution in [2.24, 2.45) is 7.05 Å². The van der Waals surface area contributed by atoms with Crippen LogP contribution < -0.4 is 4.74 Å². The van der Waals surface area contributed by atoms with Gasteiger partial charge in [0.05, 0.1) is 23.0 Å². The van der Waals surface area contributed by atoms with Crippen LogP contribution in [0.15, 0.2) is 24.3 Å². The molecule has 0 saturated heterocycles. The van der Waals surface area contributed by atoms with E-state index in [1.54, 1.807) is 22.9 Å². The van der Waals surface area contributed by atoms with Crippen molar-refractivity contribution in [3.05, 3.63) is 46.2 Å². The Morgan fingerprint density at radius 1 is 1.44 bits per heavy atom. The summed E-state index contributed by atoms with van der Waals surface area (Å²) < 4.78 is 7.45. The average molecular weight is 267 g/mol. The van der Waals surface area contributed by atoms with Gasteiger partial charge in [0, 0.05) is 12.6 Å². The van der Waals surface area contributed by atoms with Gasteiger partial charge in [0.2, 0.25) is 0 Å². The van der Waals surface area contributed by atoms with Crippen molar-refractivity contribution in [3.63, 3.8) is 0 Å². The third-order valence-electron chi connectivity index (χ3n) is 2.68. The van der Waals surface area contributed by atoms with Crippen LogP contribution >= 0.6 is 11.6 Å². The fourth-order valence-corrected chi connectivity index (χ4v) is 2.03. The van der Waals surface area contributed by atoms with E-state index in [1.165, 1.54) is 0 Å². The highest BCUT2D eigenvalue weighted by Gasteiger charge is 2.09. The summed E-state index contributed by atoms with van der Waals surface area (Å²) in [4.78, 5) is 0. The molecule has 0 radical (unpaired) electrons. The highest BCUT2D eigenvalue weighted by Crippen LogP contribution is 2.29. The molecule has 1 aromatic heterocycles.